The van der Waals surface area contributed by atoms with Gasteiger partial charge in [-0.2, -0.15) is 4.39 Å². The second-order valence-corrected chi connectivity index (χ2v) is 4.95. The van der Waals surface area contributed by atoms with Gasteiger partial charge in [0.05, 0.1) is 11.0 Å². The molecule has 0 amide bonds. The van der Waals surface area contributed by atoms with Crippen LogP contribution in [0.4, 0.5) is 14.5 Å². The summed E-state index contributed by atoms with van der Waals surface area (Å²) < 4.78 is 31.6. The number of aliphatic hydroxyl groups is 1. The van der Waals surface area contributed by atoms with E-state index in [2.05, 4.69) is 0 Å². The third-order valence-electron chi connectivity index (χ3n) is 2.43. The number of nitro groups is 1. The molecule has 0 spiro atoms. The summed E-state index contributed by atoms with van der Waals surface area (Å²) in [5, 5.41) is 20.1. The minimum absolute atomic E-state index is 0.213. The normalized spacial score (nSPS) is 12.2. The van der Waals surface area contributed by atoms with Crippen molar-refractivity contribution in [3.63, 3.8) is 0 Å². The van der Waals surface area contributed by atoms with Crippen LogP contribution in [-0.4, -0.2) is 10.0 Å². The molecule has 2 aromatic rings. The first-order valence-electron chi connectivity index (χ1n) is 5.48. The number of rotatable bonds is 4. The maximum absolute atomic E-state index is 13.5. The van der Waals surface area contributed by atoms with Crippen molar-refractivity contribution in [2.24, 2.45) is 0 Å². The van der Waals surface area contributed by atoms with Crippen LogP contribution in [0.15, 0.2) is 24.3 Å². The van der Waals surface area contributed by atoms with Crippen LogP contribution < -0.4 is 4.74 Å². The number of aliphatic hydroxyl groups excluding tert-OH is 1. The van der Waals surface area contributed by atoms with Gasteiger partial charge < -0.3 is 9.84 Å². The Balaban J connectivity index is 2.42. The fraction of sp³-hybridized carbons (Fsp3) is 0.167. The van der Waals surface area contributed by atoms with E-state index in [1.165, 1.54) is 13.0 Å². The predicted octanol–water partition coefficient (Wildman–Crippen LogP) is 3.78. The summed E-state index contributed by atoms with van der Waals surface area (Å²) in [7, 11) is 0. The van der Waals surface area contributed by atoms with Crippen LogP contribution in [0.25, 0.3) is 0 Å². The average molecular weight is 301 g/mol. The van der Waals surface area contributed by atoms with Crippen LogP contribution in [-0.2, 0) is 0 Å². The summed E-state index contributed by atoms with van der Waals surface area (Å²) in [6.07, 6.45) is -0.923. The van der Waals surface area contributed by atoms with E-state index in [0.29, 0.717) is 4.88 Å². The first-order chi connectivity index (χ1) is 9.40. The Kier molecular flexibility index (Phi) is 3.96. The van der Waals surface area contributed by atoms with Gasteiger partial charge in [-0.3, -0.25) is 10.1 Å². The molecule has 0 aliphatic carbocycles. The van der Waals surface area contributed by atoms with Gasteiger partial charge in [0, 0.05) is 10.9 Å². The molecule has 1 N–H and O–H groups in total. The van der Waals surface area contributed by atoms with Crippen LogP contribution >= 0.6 is 11.3 Å². The van der Waals surface area contributed by atoms with Crippen molar-refractivity contribution in [2.75, 3.05) is 0 Å². The van der Waals surface area contributed by atoms with Gasteiger partial charge in [0.2, 0.25) is 5.82 Å². The zero-order chi connectivity index (χ0) is 14.9. The molecule has 0 saturated carbocycles. The lowest BCUT2D eigenvalue weighted by atomic mass is 10.3. The molecule has 1 heterocycles. The highest BCUT2D eigenvalue weighted by Gasteiger charge is 2.24. The average Bonchev–Trinajstić information content (AvgIpc) is 2.79. The highest BCUT2D eigenvalue weighted by molar-refractivity contribution is 7.14. The molecular formula is C12H9F2NO4S. The number of benzene rings is 1. The van der Waals surface area contributed by atoms with E-state index in [-0.39, 0.29) is 5.06 Å². The second-order valence-electron chi connectivity index (χ2n) is 3.91. The molecule has 0 aliphatic rings. The lowest BCUT2D eigenvalue weighted by Crippen LogP contribution is -1.93. The fourth-order valence-corrected chi connectivity index (χ4v) is 2.38. The Morgan fingerprint density at radius 3 is 2.75 bits per heavy atom. The standard InChI is InChI=1S/C12H9F2NO4S/c1-6(16)10-5-8(15(17)18)12(20-10)19-9-4-2-3-7(13)11(9)14/h2-6,16H,1H3/t6-/m1/s1. The molecule has 106 valence electrons. The first kappa shape index (κ1) is 14.4. The zero-order valence-electron chi connectivity index (χ0n) is 10.2. The molecule has 0 fully saturated rings. The van der Waals surface area contributed by atoms with Gasteiger partial charge in [0.1, 0.15) is 0 Å². The van der Waals surface area contributed by atoms with E-state index in [9.17, 15) is 24.0 Å². The third-order valence-corrected chi connectivity index (χ3v) is 3.60. The van der Waals surface area contributed by atoms with E-state index < -0.39 is 34.1 Å². The lowest BCUT2D eigenvalue weighted by Gasteiger charge is -2.04. The van der Waals surface area contributed by atoms with Crippen molar-refractivity contribution in [3.05, 3.63) is 50.9 Å². The minimum atomic E-state index is -1.23. The number of hydrogen-bond donors (Lipinski definition) is 1. The van der Waals surface area contributed by atoms with Crippen LogP contribution in [0.3, 0.4) is 0 Å². The van der Waals surface area contributed by atoms with E-state index in [4.69, 9.17) is 4.74 Å². The molecule has 1 aromatic carbocycles. The Morgan fingerprint density at radius 1 is 1.45 bits per heavy atom. The van der Waals surface area contributed by atoms with Crippen LogP contribution in [0.1, 0.15) is 17.9 Å². The third kappa shape index (κ3) is 2.75. The number of nitrogens with zero attached hydrogens (tertiary/aromatic N) is 1. The lowest BCUT2D eigenvalue weighted by molar-refractivity contribution is -0.385. The van der Waals surface area contributed by atoms with Crippen molar-refractivity contribution in [1.29, 1.82) is 0 Å². The van der Waals surface area contributed by atoms with E-state index >= 15 is 0 Å². The minimum Gasteiger partial charge on any atom is -0.437 e. The molecule has 1 atom stereocenters. The van der Waals surface area contributed by atoms with Gasteiger partial charge in [0.15, 0.2) is 11.6 Å². The van der Waals surface area contributed by atoms with E-state index in [1.54, 1.807) is 0 Å². The molecular weight excluding hydrogens is 292 g/mol. The monoisotopic (exact) mass is 301 g/mol. The van der Waals surface area contributed by atoms with E-state index in [0.717, 1.165) is 29.5 Å². The van der Waals surface area contributed by atoms with Crippen molar-refractivity contribution < 1.29 is 23.5 Å². The van der Waals surface area contributed by atoms with Gasteiger partial charge in [-0.1, -0.05) is 17.4 Å². The topological polar surface area (TPSA) is 72.6 Å². The molecule has 0 aliphatic heterocycles. The smallest absolute Gasteiger partial charge is 0.323 e. The first-order valence-corrected chi connectivity index (χ1v) is 6.30. The summed E-state index contributed by atoms with van der Waals surface area (Å²) >= 11 is 0.802. The van der Waals surface area contributed by atoms with Gasteiger partial charge in [-0.25, -0.2) is 4.39 Å². The quantitative estimate of drug-likeness (QED) is 0.689. The summed E-state index contributed by atoms with van der Waals surface area (Å²) in [6.45, 7) is 1.43. The Bertz CT molecular complexity index is 657. The Morgan fingerprint density at radius 2 is 2.15 bits per heavy atom. The van der Waals surface area contributed by atoms with Gasteiger partial charge in [-0.15, -0.1) is 0 Å². The Hall–Kier alpha value is -2.06. The maximum atomic E-state index is 13.5. The van der Waals surface area contributed by atoms with Crippen molar-refractivity contribution in [1.82, 2.24) is 0 Å². The summed E-state index contributed by atoms with van der Waals surface area (Å²) in [5.74, 6) is -2.79. The molecule has 8 heteroatoms. The van der Waals surface area contributed by atoms with Crippen molar-refractivity contribution >= 4 is 17.0 Å². The second kappa shape index (κ2) is 5.51. The SMILES string of the molecule is C[C@@H](O)c1cc([N+](=O)[O-])c(Oc2cccc(F)c2F)s1. The van der Waals surface area contributed by atoms with Crippen LogP contribution in [0, 0.1) is 21.7 Å². The fourth-order valence-electron chi connectivity index (χ4n) is 1.45. The number of ether oxygens (including phenoxy) is 1. The molecule has 2 rings (SSSR count). The molecule has 20 heavy (non-hydrogen) atoms. The molecule has 1 aromatic heterocycles. The van der Waals surface area contributed by atoms with Gasteiger partial charge in [-0.05, 0) is 19.1 Å². The predicted molar refractivity (Wildman–Crippen MR) is 68.0 cm³/mol. The molecule has 0 bridgehead atoms. The summed E-state index contributed by atoms with van der Waals surface area (Å²) in [6, 6.07) is 4.43. The van der Waals surface area contributed by atoms with Crippen LogP contribution in [0.2, 0.25) is 0 Å². The van der Waals surface area contributed by atoms with E-state index in [1.807, 2.05) is 0 Å². The highest BCUT2D eigenvalue weighted by Crippen LogP contribution is 2.42. The highest BCUT2D eigenvalue weighted by atomic mass is 32.1. The zero-order valence-corrected chi connectivity index (χ0v) is 11.0. The van der Waals surface area contributed by atoms with Crippen LogP contribution in [0.5, 0.6) is 10.8 Å². The molecule has 0 saturated heterocycles. The Labute approximate surface area is 116 Å². The maximum Gasteiger partial charge on any atom is 0.323 e. The molecule has 5 nitrogen and oxygen atoms in total. The number of thiophene rings is 1. The van der Waals surface area contributed by atoms with Crippen molar-refractivity contribution in [2.45, 2.75) is 13.0 Å². The molecule has 0 unspecified atom stereocenters. The summed E-state index contributed by atoms with van der Waals surface area (Å²) in [5.41, 5.74) is -0.408. The largest absolute Gasteiger partial charge is 0.437 e. The summed E-state index contributed by atoms with van der Waals surface area (Å²) in [4.78, 5) is 10.5. The van der Waals surface area contributed by atoms with Gasteiger partial charge >= 0.3 is 5.69 Å². The number of hydrogen-bond acceptors (Lipinski definition) is 5. The van der Waals surface area contributed by atoms with Gasteiger partial charge in [0.25, 0.3) is 5.06 Å². The number of halogens is 2. The molecule has 0 radical (unpaired) electrons. The van der Waals surface area contributed by atoms with Crippen molar-refractivity contribution in [3.8, 4) is 10.8 Å².